The van der Waals surface area contributed by atoms with Gasteiger partial charge in [-0.05, 0) is 61.4 Å². The first-order valence-corrected chi connectivity index (χ1v) is 14.5. The quantitative estimate of drug-likeness (QED) is 0.327. The van der Waals surface area contributed by atoms with Crippen LogP contribution in [0.5, 0.6) is 11.5 Å². The Morgan fingerprint density at radius 3 is 2.45 bits per heavy atom. The summed E-state index contributed by atoms with van der Waals surface area (Å²) in [6.45, 7) is 0. The molecule has 200 valence electrons. The number of sulfonamides is 1. The number of carbonyl (C=O) groups excluding carboxylic acids is 1. The number of Topliss-reactive ketones (excluding diaryl/α,β-unsaturated/α-hetero) is 1. The van der Waals surface area contributed by atoms with Gasteiger partial charge in [0.05, 0.1) is 16.1 Å². The number of benzene rings is 2. The molecular weight excluding hydrogens is 553 g/mol. The van der Waals surface area contributed by atoms with Gasteiger partial charge in [0, 0.05) is 29.5 Å². The van der Waals surface area contributed by atoms with Crippen molar-refractivity contribution in [3.05, 3.63) is 79.3 Å². The Morgan fingerprint density at radius 2 is 1.71 bits per heavy atom. The number of carbonyl (C=O) groups is 1. The third kappa shape index (κ3) is 5.15. The van der Waals surface area contributed by atoms with Gasteiger partial charge in [0.1, 0.15) is 16.4 Å². The number of anilines is 1. The molecule has 0 bridgehead atoms. The zero-order chi connectivity index (χ0) is 27.2. The fourth-order valence-corrected chi connectivity index (χ4v) is 6.86. The van der Waals surface area contributed by atoms with E-state index >= 15 is 0 Å². The molecule has 2 aliphatic carbocycles. The first-order valence-electron chi connectivity index (χ1n) is 12.3. The number of aryl methyl sites for hydroxylation is 1. The van der Waals surface area contributed by atoms with Crippen molar-refractivity contribution in [1.82, 2.24) is 0 Å². The van der Waals surface area contributed by atoms with Gasteiger partial charge in [-0.25, -0.2) is 13.2 Å². The summed E-state index contributed by atoms with van der Waals surface area (Å²) < 4.78 is 34.1. The van der Waals surface area contributed by atoms with Crippen LogP contribution in [0.15, 0.2) is 50.5 Å². The lowest BCUT2D eigenvalue weighted by molar-refractivity contribution is 0.0968. The highest BCUT2D eigenvalue weighted by molar-refractivity contribution is 7.92. The van der Waals surface area contributed by atoms with Crippen LogP contribution in [0.3, 0.4) is 0 Å². The number of hydrogen-bond donors (Lipinski definition) is 3. The number of ketones is 1. The van der Waals surface area contributed by atoms with Crippen molar-refractivity contribution in [1.29, 1.82) is 0 Å². The standard InChI is InChI=1S/C27H25Cl2NO7S/c28-16-12-18(29)25(32)21(13-16)38(35,36)30-17-6-4-5-15(11-17)22(14-9-10-14)24-26(33)23-19(31)7-2-1-3-8-20(23)37-27(24)34/h4-6,11-14,22,30,32-33H,1-3,7-10H2. The highest BCUT2D eigenvalue weighted by atomic mass is 35.5. The third-order valence-electron chi connectivity index (χ3n) is 6.98. The molecule has 1 fully saturated rings. The van der Waals surface area contributed by atoms with E-state index in [2.05, 4.69) is 4.72 Å². The second-order valence-electron chi connectivity index (χ2n) is 9.71. The SMILES string of the molecule is O=C1CCCCCc2oc(=O)c(C(c3cccc(NS(=O)(=O)c4cc(Cl)cc(Cl)c4O)c3)C3CC3)c(O)c21. The predicted molar refractivity (Wildman–Crippen MR) is 143 cm³/mol. The van der Waals surface area contributed by atoms with E-state index in [9.17, 15) is 28.2 Å². The van der Waals surface area contributed by atoms with Crippen LogP contribution >= 0.6 is 23.2 Å². The first kappa shape index (κ1) is 26.6. The van der Waals surface area contributed by atoms with Crippen molar-refractivity contribution in [2.24, 2.45) is 5.92 Å². The van der Waals surface area contributed by atoms with E-state index in [1.807, 2.05) is 0 Å². The molecule has 8 nitrogen and oxygen atoms in total. The van der Waals surface area contributed by atoms with Gasteiger partial charge in [0.2, 0.25) is 0 Å². The largest absolute Gasteiger partial charge is 0.506 e. The number of fused-ring (bicyclic) bond motifs is 1. The highest BCUT2D eigenvalue weighted by Gasteiger charge is 2.39. The molecular formula is C27H25Cl2NO7S. The molecule has 0 spiro atoms. The molecule has 5 rings (SSSR count). The molecule has 0 radical (unpaired) electrons. The molecule has 1 saturated carbocycles. The van der Waals surface area contributed by atoms with Crippen molar-refractivity contribution in [3.8, 4) is 11.5 Å². The van der Waals surface area contributed by atoms with Crippen LogP contribution in [-0.2, 0) is 16.4 Å². The van der Waals surface area contributed by atoms with Crippen LogP contribution in [0, 0.1) is 5.92 Å². The zero-order valence-electron chi connectivity index (χ0n) is 20.2. The average molecular weight is 578 g/mol. The summed E-state index contributed by atoms with van der Waals surface area (Å²) in [6.07, 6.45) is 4.54. The molecule has 0 aliphatic heterocycles. The summed E-state index contributed by atoms with van der Waals surface area (Å²) in [5, 5.41) is 21.3. The Bertz CT molecular complexity index is 1600. The number of halogens is 2. The highest BCUT2D eigenvalue weighted by Crippen LogP contribution is 2.49. The molecule has 38 heavy (non-hydrogen) atoms. The average Bonchev–Trinajstić information content (AvgIpc) is 3.67. The van der Waals surface area contributed by atoms with Gasteiger partial charge in [0.25, 0.3) is 10.0 Å². The molecule has 0 saturated heterocycles. The van der Waals surface area contributed by atoms with Crippen LogP contribution in [-0.4, -0.2) is 24.4 Å². The molecule has 3 aromatic rings. The summed E-state index contributed by atoms with van der Waals surface area (Å²) in [6, 6.07) is 8.72. The number of aromatic hydroxyl groups is 2. The predicted octanol–water partition coefficient (Wildman–Crippen LogP) is 6.00. The second-order valence-corrected chi connectivity index (χ2v) is 12.2. The van der Waals surface area contributed by atoms with Crippen LogP contribution in [0.25, 0.3) is 0 Å². The first-order chi connectivity index (χ1) is 18.1. The van der Waals surface area contributed by atoms with Gasteiger partial charge in [-0.15, -0.1) is 0 Å². The van der Waals surface area contributed by atoms with Gasteiger partial charge in [-0.3, -0.25) is 9.52 Å². The zero-order valence-corrected chi connectivity index (χ0v) is 22.5. The number of rotatable bonds is 6. The monoisotopic (exact) mass is 577 g/mol. The molecule has 1 unspecified atom stereocenters. The minimum absolute atomic E-state index is 0.00754. The molecule has 2 aromatic carbocycles. The topological polar surface area (TPSA) is 134 Å². The molecule has 0 amide bonds. The van der Waals surface area contributed by atoms with E-state index < -0.39 is 32.2 Å². The minimum Gasteiger partial charge on any atom is -0.506 e. The van der Waals surface area contributed by atoms with E-state index in [0.717, 1.165) is 31.7 Å². The summed E-state index contributed by atoms with van der Waals surface area (Å²) >= 11 is 11.8. The third-order valence-corrected chi connectivity index (χ3v) is 8.88. The summed E-state index contributed by atoms with van der Waals surface area (Å²) in [4.78, 5) is 25.5. The van der Waals surface area contributed by atoms with Crippen molar-refractivity contribution >= 4 is 44.7 Å². The maximum absolute atomic E-state index is 13.2. The lowest BCUT2D eigenvalue weighted by atomic mass is 9.85. The summed E-state index contributed by atoms with van der Waals surface area (Å²) in [5.41, 5.74) is 0.127. The lowest BCUT2D eigenvalue weighted by Gasteiger charge is -2.21. The maximum Gasteiger partial charge on any atom is 0.343 e. The summed E-state index contributed by atoms with van der Waals surface area (Å²) in [5.74, 6) is -1.61. The molecule has 2 aliphatic rings. The van der Waals surface area contributed by atoms with E-state index in [0.29, 0.717) is 18.4 Å². The number of nitrogens with one attached hydrogen (secondary N) is 1. The van der Waals surface area contributed by atoms with Crippen LogP contribution in [0.4, 0.5) is 5.69 Å². The Kier molecular flexibility index (Phi) is 7.19. The van der Waals surface area contributed by atoms with E-state index in [1.54, 1.807) is 18.2 Å². The molecule has 1 aromatic heterocycles. The van der Waals surface area contributed by atoms with Crippen molar-refractivity contribution < 1.29 is 27.8 Å². The van der Waals surface area contributed by atoms with Gasteiger partial charge in [-0.2, -0.15) is 0 Å². The van der Waals surface area contributed by atoms with Gasteiger partial charge in [-0.1, -0.05) is 41.8 Å². The summed E-state index contributed by atoms with van der Waals surface area (Å²) in [7, 11) is -4.29. The molecule has 1 heterocycles. The number of hydrogen-bond acceptors (Lipinski definition) is 7. The van der Waals surface area contributed by atoms with Gasteiger partial charge in [0.15, 0.2) is 11.5 Å². The number of phenols is 1. The van der Waals surface area contributed by atoms with Crippen molar-refractivity contribution in [2.45, 2.75) is 55.8 Å². The smallest absolute Gasteiger partial charge is 0.343 e. The maximum atomic E-state index is 13.2. The van der Waals surface area contributed by atoms with Gasteiger partial charge >= 0.3 is 5.63 Å². The minimum atomic E-state index is -4.29. The lowest BCUT2D eigenvalue weighted by Crippen LogP contribution is -2.21. The van der Waals surface area contributed by atoms with Gasteiger partial charge < -0.3 is 14.6 Å². The Morgan fingerprint density at radius 1 is 0.974 bits per heavy atom. The molecule has 3 N–H and O–H groups in total. The second kappa shape index (κ2) is 10.3. The van der Waals surface area contributed by atoms with Crippen LogP contribution in [0.2, 0.25) is 10.0 Å². The van der Waals surface area contributed by atoms with Crippen LogP contribution in [0.1, 0.15) is 71.7 Å². The van der Waals surface area contributed by atoms with Crippen molar-refractivity contribution in [2.75, 3.05) is 4.72 Å². The molecule has 1 atom stereocenters. The number of phenolic OH excluding ortho intramolecular Hbond substituents is 1. The fraction of sp³-hybridized carbons (Fsp3) is 0.333. The van der Waals surface area contributed by atoms with E-state index in [4.69, 9.17) is 27.6 Å². The fourth-order valence-electron chi connectivity index (χ4n) is 5.05. The molecule has 11 heteroatoms. The van der Waals surface area contributed by atoms with E-state index in [1.165, 1.54) is 12.1 Å². The van der Waals surface area contributed by atoms with Crippen LogP contribution < -0.4 is 10.3 Å². The van der Waals surface area contributed by atoms with Crippen molar-refractivity contribution in [3.63, 3.8) is 0 Å². The Labute approximate surface area is 229 Å². The van der Waals surface area contributed by atoms with E-state index in [-0.39, 0.29) is 56.5 Å². The normalized spacial score (nSPS) is 16.8. The Balaban J connectivity index is 1.56. The Hall–Kier alpha value is -3.01.